The quantitative estimate of drug-likeness (QED) is 0.604. The van der Waals surface area contributed by atoms with Gasteiger partial charge in [0.2, 0.25) is 0 Å². The van der Waals surface area contributed by atoms with E-state index in [2.05, 4.69) is 39.6 Å². The SMILES string of the molecule is CCC.CCC1(C)CCCN(C)C1. The molecule has 0 amide bonds. The van der Waals surface area contributed by atoms with Gasteiger partial charge in [-0.3, -0.25) is 0 Å². The van der Waals surface area contributed by atoms with Gasteiger partial charge in [-0.05, 0) is 38.3 Å². The van der Waals surface area contributed by atoms with E-state index in [1.807, 2.05) is 0 Å². The Bertz CT molecular complexity index is 122. The average molecular weight is 185 g/mol. The van der Waals surface area contributed by atoms with Crippen molar-refractivity contribution in [2.75, 3.05) is 20.1 Å². The van der Waals surface area contributed by atoms with Crippen LogP contribution in [0.3, 0.4) is 0 Å². The zero-order chi connectivity index (χ0) is 10.3. The van der Waals surface area contributed by atoms with Crippen LogP contribution in [0.25, 0.3) is 0 Å². The van der Waals surface area contributed by atoms with Gasteiger partial charge in [0.15, 0.2) is 0 Å². The van der Waals surface area contributed by atoms with Gasteiger partial charge in [-0.15, -0.1) is 0 Å². The summed E-state index contributed by atoms with van der Waals surface area (Å²) in [5.74, 6) is 0. The second kappa shape index (κ2) is 6.42. The molecule has 13 heavy (non-hydrogen) atoms. The van der Waals surface area contributed by atoms with Crippen molar-refractivity contribution in [3.05, 3.63) is 0 Å². The molecule has 1 saturated heterocycles. The van der Waals surface area contributed by atoms with Gasteiger partial charge in [0.05, 0.1) is 0 Å². The maximum absolute atomic E-state index is 2.45. The molecule has 0 N–H and O–H groups in total. The fourth-order valence-corrected chi connectivity index (χ4v) is 1.87. The lowest BCUT2D eigenvalue weighted by atomic mass is 9.80. The van der Waals surface area contributed by atoms with Crippen molar-refractivity contribution >= 4 is 0 Å². The minimum Gasteiger partial charge on any atom is -0.306 e. The summed E-state index contributed by atoms with van der Waals surface area (Å²) in [5.41, 5.74) is 0.618. The number of hydrogen-bond acceptors (Lipinski definition) is 1. The van der Waals surface area contributed by atoms with Gasteiger partial charge in [0.25, 0.3) is 0 Å². The average Bonchev–Trinajstić information content (AvgIpc) is 2.05. The van der Waals surface area contributed by atoms with Crippen LogP contribution in [0, 0.1) is 5.41 Å². The Balaban J connectivity index is 0.000000424. The second-order valence-electron chi connectivity index (χ2n) is 4.71. The standard InChI is InChI=1S/C9H19N.C3H8/c1-4-9(2)6-5-7-10(3)8-9;1-3-2/h4-8H2,1-3H3;3H2,1-2H3. The number of hydrogen-bond donors (Lipinski definition) is 0. The van der Waals surface area contributed by atoms with E-state index < -0.39 is 0 Å². The Hall–Kier alpha value is -0.0400. The van der Waals surface area contributed by atoms with Crippen LogP contribution in [0.4, 0.5) is 0 Å². The molecule has 1 unspecified atom stereocenters. The van der Waals surface area contributed by atoms with E-state index in [0.29, 0.717) is 5.41 Å². The molecule has 1 aliphatic rings. The molecule has 0 aliphatic carbocycles. The summed E-state index contributed by atoms with van der Waals surface area (Å²) in [6.45, 7) is 11.6. The number of likely N-dealkylation sites (tertiary alicyclic amines) is 1. The first-order valence-electron chi connectivity index (χ1n) is 5.76. The lowest BCUT2D eigenvalue weighted by Gasteiger charge is -2.38. The van der Waals surface area contributed by atoms with E-state index >= 15 is 0 Å². The molecule has 1 rings (SSSR count). The Morgan fingerprint density at radius 3 is 2.08 bits per heavy atom. The van der Waals surface area contributed by atoms with Gasteiger partial charge >= 0.3 is 0 Å². The molecule has 0 spiro atoms. The number of nitrogens with zero attached hydrogens (tertiary/aromatic N) is 1. The molecular weight excluding hydrogens is 158 g/mol. The van der Waals surface area contributed by atoms with Gasteiger partial charge in [-0.25, -0.2) is 0 Å². The highest BCUT2D eigenvalue weighted by Crippen LogP contribution is 2.31. The summed E-state index contributed by atoms with van der Waals surface area (Å²) in [6, 6.07) is 0. The van der Waals surface area contributed by atoms with Crippen LogP contribution in [0.2, 0.25) is 0 Å². The molecule has 1 nitrogen and oxygen atoms in total. The topological polar surface area (TPSA) is 3.24 Å². The molecule has 80 valence electrons. The largest absolute Gasteiger partial charge is 0.306 e. The number of rotatable bonds is 1. The third-order valence-electron chi connectivity index (χ3n) is 2.83. The molecule has 1 heteroatoms. The summed E-state index contributed by atoms with van der Waals surface area (Å²) in [5, 5.41) is 0. The highest BCUT2D eigenvalue weighted by atomic mass is 15.1. The predicted octanol–water partition coefficient (Wildman–Crippen LogP) is 3.54. The van der Waals surface area contributed by atoms with Crippen molar-refractivity contribution < 1.29 is 0 Å². The normalized spacial score (nSPS) is 29.3. The smallest absolute Gasteiger partial charge is 0.00322 e. The first kappa shape index (κ1) is 13.0. The molecule has 1 fully saturated rings. The summed E-state index contributed by atoms with van der Waals surface area (Å²) >= 11 is 0. The number of piperidine rings is 1. The van der Waals surface area contributed by atoms with E-state index in [4.69, 9.17) is 0 Å². The molecular formula is C12H27N. The van der Waals surface area contributed by atoms with Crippen molar-refractivity contribution in [1.82, 2.24) is 4.90 Å². The Kier molecular flexibility index (Phi) is 6.40. The molecule has 1 aliphatic heterocycles. The van der Waals surface area contributed by atoms with Gasteiger partial charge in [0, 0.05) is 6.54 Å². The van der Waals surface area contributed by atoms with E-state index in [9.17, 15) is 0 Å². The maximum Gasteiger partial charge on any atom is 0.00322 e. The van der Waals surface area contributed by atoms with Crippen molar-refractivity contribution in [3.8, 4) is 0 Å². The van der Waals surface area contributed by atoms with E-state index in [1.54, 1.807) is 0 Å². The van der Waals surface area contributed by atoms with Gasteiger partial charge in [-0.2, -0.15) is 0 Å². The third-order valence-corrected chi connectivity index (χ3v) is 2.83. The van der Waals surface area contributed by atoms with Crippen LogP contribution in [0.5, 0.6) is 0 Å². The zero-order valence-corrected chi connectivity index (χ0v) is 10.2. The molecule has 0 bridgehead atoms. The van der Waals surface area contributed by atoms with E-state index in [-0.39, 0.29) is 0 Å². The maximum atomic E-state index is 2.45. The first-order valence-corrected chi connectivity index (χ1v) is 5.76. The van der Waals surface area contributed by atoms with E-state index in [1.165, 1.54) is 38.8 Å². The highest BCUT2D eigenvalue weighted by molar-refractivity contribution is 4.80. The molecule has 0 radical (unpaired) electrons. The second-order valence-corrected chi connectivity index (χ2v) is 4.71. The third kappa shape index (κ3) is 5.30. The summed E-state index contributed by atoms with van der Waals surface area (Å²) in [7, 11) is 2.23. The Morgan fingerprint density at radius 1 is 1.23 bits per heavy atom. The van der Waals surface area contributed by atoms with Crippen LogP contribution in [-0.2, 0) is 0 Å². The Labute approximate surface area is 84.5 Å². The molecule has 1 heterocycles. The lowest BCUT2D eigenvalue weighted by molar-refractivity contribution is 0.122. The molecule has 0 aromatic carbocycles. The van der Waals surface area contributed by atoms with Crippen LogP contribution >= 0.6 is 0 Å². The van der Waals surface area contributed by atoms with Crippen LogP contribution in [-0.4, -0.2) is 25.0 Å². The minimum absolute atomic E-state index is 0.618. The minimum atomic E-state index is 0.618. The van der Waals surface area contributed by atoms with Crippen molar-refractivity contribution in [2.45, 2.75) is 53.4 Å². The van der Waals surface area contributed by atoms with Crippen LogP contribution in [0.15, 0.2) is 0 Å². The fourth-order valence-electron chi connectivity index (χ4n) is 1.87. The molecule has 0 saturated carbocycles. The van der Waals surface area contributed by atoms with Crippen LogP contribution < -0.4 is 0 Å². The lowest BCUT2D eigenvalue weighted by Crippen LogP contribution is -2.38. The molecule has 0 aromatic heterocycles. The Morgan fingerprint density at radius 2 is 1.77 bits per heavy atom. The van der Waals surface area contributed by atoms with Crippen molar-refractivity contribution in [2.24, 2.45) is 5.41 Å². The summed E-state index contributed by atoms with van der Waals surface area (Å²) in [4.78, 5) is 2.45. The predicted molar refractivity (Wildman–Crippen MR) is 61.1 cm³/mol. The van der Waals surface area contributed by atoms with Crippen molar-refractivity contribution in [3.63, 3.8) is 0 Å². The summed E-state index contributed by atoms with van der Waals surface area (Å²) in [6.07, 6.45) is 5.39. The molecule has 1 atom stereocenters. The van der Waals surface area contributed by atoms with Crippen LogP contribution in [0.1, 0.15) is 53.4 Å². The molecule has 0 aromatic rings. The van der Waals surface area contributed by atoms with Gasteiger partial charge in [-0.1, -0.05) is 34.1 Å². The highest BCUT2D eigenvalue weighted by Gasteiger charge is 2.26. The fraction of sp³-hybridized carbons (Fsp3) is 1.00. The first-order chi connectivity index (χ1) is 6.08. The summed E-state index contributed by atoms with van der Waals surface area (Å²) < 4.78 is 0. The monoisotopic (exact) mass is 185 g/mol. The van der Waals surface area contributed by atoms with Crippen molar-refractivity contribution in [1.29, 1.82) is 0 Å². The zero-order valence-electron chi connectivity index (χ0n) is 10.2. The van der Waals surface area contributed by atoms with E-state index in [0.717, 1.165) is 0 Å². The van der Waals surface area contributed by atoms with Gasteiger partial charge in [0.1, 0.15) is 0 Å². The van der Waals surface area contributed by atoms with Gasteiger partial charge < -0.3 is 4.90 Å².